The van der Waals surface area contributed by atoms with Gasteiger partial charge in [-0.15, -0.1) is 0 Å². The SMILES string of the molecule is C[C@@H](OC(=O)c1cc(=O)c2ccccc2o1)C(=O)NC1CC1. The Kier molecular flexibility index (Phi) is 3.66. The fourth-order valence-corrected chi connectivity index (χ4v) is 2.02. The van der Waals surface area contributed by atoms with Crippen molar-refractivity contribution < 1.29 is 18.7 Å². The maximum Gasteiger partial charge on any atom is 0.375 e. The van der Waals surface area contributed by atoms with E-state index in [1.165, 1.54) is 6.92 Å². The van der Waals surface area contributed by atoms with E-state index >= 15 is 0 Å². The number of hydrogen-bond donors (Lipinski definition) is 1. The lowest BCUT2D eigenvalue weighted by atomic mass is 10.2. The first-order valence-corrected chi connectivity index (χ1v) is 7.09. The smallest absolute Gasteiger partial charge is 0.375 e. The predicted molar refractivity (Wildman–Crippen MR) is 78.5 cm³/mol. The van der Waals surface area contributed by atoms with E-state index in [0.29, 0.717) is 11.0 Å². The number of hydrogen-bond acceptors (Lipinski definition) is 5. The van der Waals surface area contributed by atoms with E-state index < -0.39 is 12.1 Å². The third kappa shape index (κ3) is 3.00. The Morgan fingerprint density at radius 1 is 1.32 bits per heavy atom. The van der Waals surface area contributed by atoms with Crippen molar-refractivity contribution in [3.05, 3.63) is 46.3 Å². The van der Waals surface area contributed by atoms with Gasteiger partial charge in [0.25, 0.3) is 5.91 Å². The Morgan fingerprint density at radius 2 is 2.05 bits per heavy atom. The number of esters is 1. The maximum atomic E-state index is 12.0. The van der Waals surface area contributed by atoms with E-state index in [4.69, 9.17) is 9.15 Å². The highest BCUT2D eigenvalue weighted by Crippen LogP contribution is 2.19. The molecule has 1 aromatic heterocycles. The summed E-state index contributed by atoms with van der Waals surface area (Å²) in [4.78, 5) is 35.7. The molecule has 1 amide bonds. The average molecular weight is 301 g/mol. The van der Waals surface area contributed by atoms with Crippen molar-refractivity contribution in [3.63, 3.8) is 0 Å². The second-order valence-corrected chi connectivity index (χ2v) is 5.30. The van der Waals surface area contributed by atoms with Crippen LogP contribution in [0.15, 0.2) is 39.5 Å². The normalized spacial score (nSPS) is 15.3. The minimum Gasteiger partial charge on any atom is -0.449 e. The molecular weight excluding hydrogens is 286 g/mol. The molecule has 114 valence electrons. The monoisotopic (exact) mass is 301 g/mol. The molecule has 0 unspecified atom stereocenters. The summed E-state index contributed by atoms with van der Waals surface area (Å²) in [5, 5.41) is 3.13. The van der Waals surface area contributed by atoms with Crippen molar-refractivity contribution in [2.75, 3.05) is 0 Å². The molecule has 1 atom stereocenters. The first-order chi connectivity index (χ1) is 10.5. The average Bonchev–Trinajstić information content (AvgIpc) is 3.31. The second kappa shape index (κ2) is 5.63. The molecule has 22 heavy (non-hydrogen) atoms. The number of fused-ring (bicyclic) bond motifs is 1. The van der Waals surface area contributed by atoms with E-state index in [-0.39, 0.29) is 23.1 Å². The van der Waals surface area contributed by atoms with Crippen LogP contribution in [0.25, 0.3) is 11.0 Å². The van der Waals surface area contributed by atoms with E-state index in [9.17, 15) is 14.4 Å². The Labute approximate surface area is 126 Å². The first-order valence-electron chi connectivity index (χ1n) is 7.09. The quantitative estimate of drug-likeness (QED) is 0.867. The van der Waals surface area contributed by atoms with Crippen molar-refractivity contribution in [2.45, 2.75) is 31.9 Å². The number of carbonyl (C=O) groups is 2. The van der Waals surface area contributed by atoms with Crippen molar-refractivity contribution in [1.82, 2.24) is 5.32 Å². The Balaban J connectivity index is 1.76. The van der Waals surface area contributed by atoms with Crippen molar-refractivity contribution in [3.8, 4) is 0 Å². The van der Waals surface area contributed by atoms with E-state index in [1.807, 2.05) is 0 Å². The molecule has 1 fully saturated rings. The highest BCUT2D eigenvalue weighted by Gasteiger charge is 2.28. The summed E-state index contributed by atoms with van der Waals surface area (Å²) in [6, 6.07) is 7.88. The van der Waals surface area contributed by atoms with Gasteiger partial charge < -0.3 is 14.5 Å². The van der Waals surface area contributed by atoms with Gasteiger partial charge in [0.1, 0.15) is 5.58 Å². The molecule has 1 heterocycles. The summed E-state index contributed by atoms with van der Waals surface area (Å²) in [6.45, 7) is 1.48. The fraction of sp³-hybridized carbons (Fsp3) is 0.312. The topological polar surface area (TPSA) is 85.6 Å². The number of rotatable bonds is 4. The Bertz CT molecular complexity index is 790. The molecule has 3 rings (SSSR count). The summed E-state index contributed by atoms with van der Waals surface area (Å²) in [7, 11) is 0. The Hall–Kier alpha value is -2.63. The van der Waals surface area contributed by atoms with Crippen LogP contribution < -0.4 is 10.7 Å². The van der Waals surface area contributed by atoms with Crippen molar-refractivity contribution >= 4 is 22.8 Å². The van der Waals surface area contributed by atoms with Crippen LogP contribution in [-0.4, -0.2) is 24.0 Å². The lowest BCUT2D eigenvalue weighted by molar-refractivity contribution is -0.129. The molecule has 0 radical (unpaired) electrons. The van der Waals surface area contributed by atoms with Gasteiger partial charge in [-0.3, -0.25) is 9.59 Å². The molecule has 0 spiro atoms. The molecule has 1 aliphatic carbocycles. The summed E-state index contributed by atoms with van der Waals surface area (Å²) in [5.74, 6) is -1.39. The molecule has 0 saturated heterocycles. The molecule has 1 N–H and O–H groups in total. The molecule has 1 aliphatic rings. The zero-order chi connectivity index (χ0) is 15.7. The van der Waals surface area contributed by atoms with Crippen LogP contribution in [0.2, 0.25) is 0 Å². The number of amides is 1. The van der Waals surface area contributed by atoms with Crippen LogP contribution in [0.5, 0.6) is 0 Å². The highest BCUT2D eigenvalue weighted by atomic mass is 16.6. The van der Waals surface area contributed by atoms with Gasteiger partial charge in [-0.1, -0.05) is 12.1 Å². The van der Waals surface area contributed by atoms with E-state index in [2.05, 4.69) is 5.32 Å². The minimum absolute atomic E-state index is 0.187. The van der Waals surface area contributed by atoms with Crippen molar-refractivity contribution in [1.29, 1.82) is 0 Å². The van der Waals surface area contributed by atoms with Gasteiger partial charge in [-0.05, 0) is 31.9 Å². The predicted octanol–water partition coefficient (Wildman–Crippen LogP) is 1.62. The maximum absolute atomic E-state index is 12.0. The number of benzene rings is 1. The largest absolute Gasteiger partial charge is 0.449 e. The summed E-state index contributed by atoms with van der Waals surface area (Å²) >= 11 is 0. The Morgan fingerprint density at radius 3 is 2.77 bits per heavy atom. The van der Waals surface area contributed by atoms with Gasteiger partial charge >= 0.3 is 5.97 Å². The third-order valence-electron chi connectivity index (χ3n) is 3.41. The summed E-state index contributed by atoms with van der Waals surface area (Å²) in [5.41, 5.74) is -0.0269. The standard InChI is InChI=1S/C16H15NO5/c1-9(15(19)17-10-6-7-10)21-16(20)14-8-12(18)11-4-2-3-5-13(11)22-14/h2-5,8-10H,6-7H2,1H3,(H,17,19)/t9-/m1/s1. The zero-order valence-corrected chi connectivity index (χ0v) is 12.0. The number of carbonyl (C=O) groups excluding carboxylic acids is 2. The van der Waals surface area contributed by atoms with Gasteiger partial charge in [0.15, 0.2) is 11.5 Å². The molecule has 1 saturated carbocycles. The van der Waals surface area contributed by atoms with Crippen LogP contribution in [-0.2, 0) is 9.53 Å². The first kappa shape index (κ1) is 14.3. The molecule has 2 aromatic rings. The number of ether oxygens (including phenoxy) is 1. The van der Waals surface area contributed by atoms with E-state index in [1.54, 1.807) is 24.3 Å². The van der Waals surface area contributed by atoms with Crippen LogP contribution in [0, 0.1) is 0 Å². The highest BCUT2D eigenvalue weighted by molar-refractivity contribution is 5.91. The lowest BCUT2D eigenvalue weighted by Crippen LogP contribution is -2.37. The number of para-hydroxylation sites is 1. The van der Waals surface area contributed by atoms with Gasteiger partial charge in [0.05, 0.1) is 5.39 Å². The number of nitrogens with one attached hydrogen (secondary N) is 1. The zero-order valence-electron chi connectivity index (χ0n) is 12.0. The van der Waals surface area contributed by atoms with E-state index in [0.717, 1.165) is 18.9 Å². The van der Waals surface area contributed by atoms with Gasteiger partial charge in [0, 0.05) is 12.1 Å². The van der Waals surface area contributed by atoms with Crippen molar-refractivity contribution in [2.24, 2.45) is 0 Å². The third-order valence-corrected chi connectivity index (χ3v) is 3.41. The van der Waals surface area contributed by atoms with Crippen LogP contribution in [0.4, 0.5) is 0 Å². The van der Waals surface area contributed by atoms with Gasteiger partial charge in [-0.2, -0.15) is 0 Å². The lowest BCUT2D eigenvalue weighted by Gasteiger charge is -2.12. The fourth-order valence-electron chi connectivity index (χ4n) is 2.02. The molecule has 1 aromatic carbocycles. The summed E-state index contributed by atoms with van der Waals surface area (Å²) in [6.07, 6.45) is 0.961. The van der Waals surface area contributed by atoms with Crippen LogP contribution >= 0.6 is 0 Å². The second-order valence-electron chi connectivity index (χ2n) is 5.30. The molecule has 0 aliphatic heterocycles. The van der Waals surface area contributed by atoms with Gasteiger partial charge in [0.2, 0.25) is 5.76 Å². The molecule has 6 heteroatoms. The molecule has 6 nitrogen and oxygen atoms in total. The molecular formula is C16H15NO5. The van der Waals surface area contributed by atoms with Gasteiger partial charge in [-0.25, -0.2) is 4.79 Å². The minimum atomic E-state index is -0.940. The van der Waals surface area contributed by atoms with Crippen LogP contribution in [0.3, 0.4) is 0 Å². The summed E-state index contributed by atoms with van der Waals surface area (Å²) < 4.78 is 10.4. The van der Waals surface area contributed by atoms with Crippen LogP contribution in [0.1, 0.15) is 30.3 Å². The molecule has 0 bridgehead atoms.